The molecule has 0 fully saturated rings. The molecule has 0 aromatic rings. The largest absolute Gasteiger partial charge is 0.480 e. The number of primary amides is 1. The lowest BCUT2D eigenvalue weighted by Gasteiger charge is -2.19. The summed E-state index contributed by atoms with van der Waals surface area (Å²) < 4.78 is 25.6. The molecular formula is C11H22N2O5S. The van der Waals surface area contributed by atoms with Gasteiger partial charge in [-0.15, -0.1) is 0 Å². The van der Waals surface area contributed by atoms with Crippen molar-refractivity contribution in [2.75, 3.05) is 5.75 Å². The zero-order valence-corrected chi connectivity index (χ0v) is 12.3. The summed E-state index contributed by atoms with van der Waals surface area (Å²) in [4.78, 5) is 21.5. The molecule has 1 atom stereocenters. The van der Waals surface area contributed by atoms with Crippen molar-refractivity contribution < 1.29 is 23.1 Å². The summed E-state index contributed by atoms with van der Waals surface area (Å²) in [5.41, 5.74) is 4.75. The van der Waals surface area contributed by atoms with Crippen LogP contribution in [0.2, 0.25) is 0 Å². The fourth-order valence-corrected chi connectivity index (χ4v) is 2.89. The van der Waals surface area contributed by atoms with E-state index < -0.39 is 27.9 Å². The van der Waals surface area contributed by atoms with Crippen molar-refractivity contribution in [3.63, 3.8) is 0 Å². The SMILES string of the molecule is CC(C)(C)CCS(=O)(=O)NC(CCC(N)=O)C(=O)O. The summed E-state index contributed by atoms with van der Waals surface area (Å²) in [6.45, 7) is 5.68. The average molecular weight is 294 g/mol. The van der Waals surface area contributed by atoms with E-state index in [1.54, 1.807) is 0 Å². The first-order valence-corrected chi connectivity index (χ1v) is 7.59. The second-order valence-electron chi connectivity index (χ2n) is 5.64. The van der Waals surface area contributed by atoms with Crippen LogP contribution in [0.1, 0.15) is 40.0 Å². The average Bonchev–Trinajstić information content (AvgIpc) is 2.20. The van der Waals surface area contributed by atoms with Gasteiger partial charge in [0.25, 0.3) is 0 Å². The molecule has 1 amide bonds. The highest BCUT2D eigenvalue weighted by Gasteiger charge is 2.25. The topological polar surface area (TPSA) is 127 Å². The standard InChI is InChI=1S/C11H22N2O5S/c1-11(2,3)6-7-19(17,18)13-8(10(15)16)4-5-9(12)14/h8,13H,4-7H2,1-3H3,(H2,12,14)(H,15,16). The Labute approximate surface area is 113 Å². The molecule has 0 rings (SSSR count). The van der Waals surface area contributed by atoms with Crippen LogP contribution in [0.4, 0.5) is 0 Å². The Bertz CT molecular complexity index is 425. The van der Waals surface area contributed by atoms with Crippen LogP contribution in [0.25, 0.3) is 0 Å². The number of amides is 1. The Kier molecular flexibility index (Phi) is 6.44. The quantitative estimate of drug-likeness (QED) is 0.583. The van der Waals surface area contributed by atoms with Gasteiger partial charge >= 0.3 is 5.97 Å². The monoisotopic (exact) mass is 294 g/mol. The zero-order chi connectivity index (χ0) is 15.3. The number of carboxylic acids is 1. The van der Waals surface area contributed by atoms with E-state index in [1.165, 1.54) is 0 Å². The van der Waals surface area contributed by atoms with Crippen molar-refractivity contribution in [3.05, 3.63) is 0 Å². The molecule has 0 aliphatic carbocycles. The molecule has 0 aliphatic rings. The van der Waals surface area contributed by atoms with Gasteiger partial charge in [0.15, 0.2) is 0 Å². The van der Waals surface area contributed by atoms with Crippen molar-refractivity contribution in [3.8, 4) is 0 Å². The van der Waals surface area contributed by atoms with Crippen molar-refractivity contribution in [2.24, 2.45) is 11.1 Å². The molecule has 0 aromatic heterocycles. The number of hydrogen-bond donors (Lipinski definition) is 3. The summed E-state index contributed by atoms with van der Waals surface area (Å²) in [6.07, 6.45) is 0.0721. The molecule has 0 saturated heterocycles. The van der Waals surface area contributed by atoms with Gasteiger partial charge in [0, 0.05) is 6.42 Å². The van der Waals surface area contributed by atoms with Gasteiger partial charge in [-0.3, -0.25) is 9.59 Å². The number of carbonyl (C=O) groups excluding carboxylic acids is 1. The predicted octanol–water partition coefficient (Wildman–Crippen LogP) is 0.0607. The smallest absolute Gasteiger partial charge is 0.321 e. The predicted molar refractivity (Wildman–Crippen MR) is 70.8 cm³/mol. The summed E-state index contributed by atoms with van der Waals surface area (Å²) in [5.74, 6) is -2.14. The molecule has 0 bridgehead atoms. The fraction of sp³-hybridized carbons (Fsp3) is 0.818. The van der Waals surface area contributed by atoms with Crippen molar-refractivity contribution in [2.45, 2.75) is 46.1 Å². The van der Waals surface area contributed by atoms with E-state index in [1.807, 2.05) is 20.8 Å². The van der Waals surface area contributed by atoms with Crippen LogP contribution in [-0.4, -0.2) is 37.2 Å². The summed E-state index contributed by atoms with van der Waals surface area (Å²) in [7, 11) is -3.69. The maximum atomic E-state index is 11.7. The zero-order valence-electron chi connectivity index (χ0n) is 11.5. The van der Waals surface area contributed by atoms with Gasteiger partial charge in [0.2, 0.25) is 15.9 Å². The molecule has 7 nitrogen and oxygen atoms in total. The van der Waals surface area contributed by atoms with Crippen LogP contribution < -0.4 is 10.5 Å². The Morgan fingerprint density at radius 3 is 2.21 bits per heavy atom. The second kappa shape index (κ2) is 6.85. The third-order valence-electron chi connectivity index (χ3n) is 2.42. The van der Waals surface area contributed by atoms with Crippen LogP contribution in [0.3, 0.4) is 0 Å². The van der Waals surface area contributed by atoms with Crippen LogP contribution in [0.15, 0.2) is 0 Å². The lowest BCUT2D eigenvalue weighted by Crippen LogP contribution is -2.42. The van der Waals surface area contributed by atoms with Gasteiger partial charge in [-0.05, 0) is 18.3 Å². The number of nitrogens with one attached hydrogen (secondary N) is 1. The maximum Gasteiger partial charge on any atom is 0.321 e. The van der Waals surface area contributed by atoms with E-state index in [9.17, 15) is 18.0 Å². The molecular weight excluding hydrogens is 272 g/mol. The van der Waals surface area contributed by atoms with E-state index in [0.717, 1.165) is 0 Å². The molecule has 19 heavy (non-hydrogen) atoms. The molecule has 0 spiro atoms. The summed E-state index contributed by atoms with van der Waals surface area (Å²) in [5, 5.41) is 8.90. The minimum absolute atomic E-state index is 0.153. The molecule has 0 saturated carbocycles. The Morgan fingerprint density at radius 2 is 1.84 bits per heavy atom. The number of hydrogen-bond acceptors (Lipinski definition) is 4. The number of sulfonamides is 1. The van der Waals surface area contributed by atoms with Gasteiger partial charge in [0.1, 0.15) is 6.04 Å². The summed E-state index contributed by atoms with van der Waals surface area (Å²) in [6, 6.07) is -1.32. The molecule has 1 unspecified atom stereocenters. The normalized spacial score (nSPS) is 14.1. The van der Waals surface area contributed by atoms with Gasteiger partial charge in [-0.2, -0.15) is 0 Å². The highest BCUT2D eigenvalue weighted by atomic mass is 32.2. The van der Waals surface area contributed by atoms with Crippen molar-refractivity contribution in [1.82, 2.24) is 4.72 Å². The minimum Gasteiger partial charge on any atom is -0.480 e. The Balaban J connectivity index is 4.56. The van der Waals surface area contributed by atoms with Crippen molar-refractivity contribution >= 4 is 21.9 Å². The molecule has 4 N–H and O–H groups in total. The molecule has 0 radical (unpaired) electrons. The first-order chi connectivity index (χ1) is 8.43. The van der Waals surface area contributed by atoms with Crippen LogP contribution in [-0.2, 0) is 19.6 Å². The van der Waals surface area contributed by atoms with Crippen LogP contribution >= 0.6 is 0 Å². The van der Waals surface area contributed by atoms with E-state index in [4.69, 9.17) is 10.8 Å². The third-order valence-corrected chi connectivity index (χ3v) is 3.81. The maximum absolute atomic E-state index is 11.7. The Morgan fingerprint density at radius 1 is 1.32 bits per heavy atom. The highest BCUT2D eigenvalue weighted by molar-refractivity contribution is 7.89. The molecule has 0 heterocycles. The van der Waals surface area contributed by atoms with E-state index in [-0.39, 0.29) is 24.0 Å². The molecule has 0 aliphatic heterocycles. The van der Waals surface area contributed by atoms with Crippen LogP contribution in [0.5, 0.6) is 0 Å². The molecule has 0 aromatic carbocycles. The third kappa shape index (κ3) is 9.43. The first-order valence-electron chi connectivity index (χ1n) is 5.94. The number of nitrogens with two attached hydrogens (primary N) is 1. The fourth-order valence-electron chi connectivity index (χ4n) is 1.24. The first kappa shape index (κ1) is 17.8. The number of aliphatic carboxylic acids is 1. The number of carboxylic acid groups (broad SMARTS) is 1. The van der Waals surface area contributed by atoms with Gasteiger partial charge in [-0.1, -0.05) is 20.8 Å². The van der Waals surface area contributed by atoms with Crippen LogP contribution in [0, 0.1) is 5.41 Å². The lowest BCUT2D eigenvalue weighted by atomic mass is 9.94. The summed E-state index contributed by atoms with van der Waals surface area (Å²) >= 11 is 0. The highest BCUT2D eigenvalue weighted by Crippen LogP contribution is 2.19. The van der Waals surface area contributed by atoms with Gasteiger partial charge in [0.05, 0.1) is 5.75 Å². The van der Waals surface area contributed by atoms with Gasteiger partial charge < -0.3 is 10.8 Å². The van der Waals surface area contributed by atoms with E-state index in [2.05, 4.69) is 4.72 Å². The molecule has 112 valence electrons. The minimum atomic E-state index is -3.69. The van der Waals surface area contributed by atoms with Crippen molar-refractivity contribution in [1.29, 1.82) is 0 Å². The second-order valence-corrected chi connectivity index (χ2v) is 7.52. The van der Waals surface area contributed by atoms with E-state index in [0.29, 0.717) is 6.42 Å². The number of rotatable bonds is 8. The Hall–Kier alpha value is -1.15. The van der Waals surface area contributed by atoms with Gasteiger partial charge in [-0.25, -0.2) is 13.1 Å². The molecule has 8 heteroatoms. The number of carbonyl (C=O) groups is 2. The van der Waals surface area contributed by atoms with E-state index >= 15 is 0 Å². The lowest BCUT2D eigenvalue weighted by molar-refractivity contribution is -0.139.